The number of aliphatic hydroxyl groups is 1. The molecule has 0 bridgehead atoms. The predicted molar refractivity (Wildman–Crippen MR) is 63.5 cm³/mol. The van der Waals surface area contributed by atoms with Crippen LogP contribution < -0.4 is 0 Å². The maximum absolute atomic E-state index is 9.99. The Morgan fingerprint density at radius 1 is 1.07 bits per heavy atom. The van der Waals surface area contributed by atoms with E-state index in [1.54, 1.807) is 0 Å². The average Bonchev–Trinajstić information content (AvgIpc) is 2.17. The molecule has 0 rings (SSSR count). The molecule has 0 aromatic rings. The van der Waals surface area contributed by atoms with Crippen molar-refractivity contribution in [2.45, 2.75) is 78.2 Å². The summed E-state index contributed by atoms with van der Waals surface area (Å²) in [4.78, 5) is 0. The fraction of sp³-hybridized carbons (Fsp3) is 1.00. The largest absolute Gasteiger partial charge is 0.390 e. The molecule has 0 aromatic heterocycles. The smallest absolute Gasteiger partial charge is 0.0642 e. The third-order valence-electron chi connectivity index (χ3n) is 3.52. The summed E-state index contributed by atoms with van der Waals surface area (Å²) in [5.74, 6) is 0.439. The van der Waals surface area contributed by atoms with Gasteiger partial charge in [-0.05, 0) is 25.7 Å². The molecule has 1 heteroatoms. The van der Waals surface area contributed by atoms with E-state index < -0.39 is 5.60 Å². The summed E-state index contributed by atoms with van der Waals surface area (Å²) in [5, 5.41) is 9.99. The van der Waals surface area contributed by atoms with Crippen LogP contribution in [0.25, 0.3) is 0 Å². The Labute approximate surface area is 89.9 Å². The molecule has 2 unspecified atom stereocenters. The van der Waals surface area contributed by atoms with Crippen LogP contribution in [0.4, 0.5) is 0 Å². The highest BCUT2D eigenvalue weighted by Crippen LogP contribution is 2.25. The van der Waals surface area contributed by atoms with E-state index in [2.05, 4.69) is 20.8 Å². The fourth-order valence-corrected chi connectivity index (χ4v) is 1.71. The second-order valence-electron chi connectivity index (χ2n) is 4.81. The molecule has 14 heavy (non-hydrogen) atoms. The zero-order chi connectivity index (χ0) is 11.0. The van der Waals surface area contributed by atoms with Gasteiger partial charge in [0.05, 0.1) is 5.60 Å². The van der Waals surface area contributed by atoms with Gasteiger partial charge < -0.3 is 5.11 Å². The zero-order valence-corrected chi connectivity index (χ0v) is 10.5. The lowest BCUT2D eigenvalue weighted by Gasteiger charge is -2.29. The van der Waals surface area contributed by atoms with Crippen LogP contribution in [0.1, 0.15) is 72.6 Å². The van der Waals surface area contributed by atoms with Gasteiger partial charge in [-0.15, -0.1) is 0 Å². The van der Waals surface area contributed by atoms with Gasteiger partial charge in [-0.3, -0.25) is 0 Å². The maximum atomic E-state index is 9.99. The van der Waals surface area contributed by atoms with Crippen molar-refractivity contribution < 1.29 is 5.11 Å². The molecule has 1 N–H and O–H groups in total. The second kappa shape index (κ2) is 7.28. The van der Waals surface area contributed by atoms with Gasteiger partial charge in [-0.1, -0.05) is 52.9 Å². The normalized spacial score (nSPS) is 17.8. The van der Waals surface area contributed by atoms with Gasteiger partial charge in [0.25, 0.3) is 0 Å². The highest BCUT2D eigenvalue weighted by Gasteiger charge is 2.25. The number of hydrogen-bond acceptors (Lipinski definition) is 1. The van der Waals surface area contributed by atoms with Crippen molar-refractivity contribution in [3.05, 3.63) is 0 Å². The maximum Gasteiger partial charge on any atom is 0.0642 e. The van der Waals surface area contributed by atoms with Crippen molar-refractivity contribution in [3.63, 3.8) is 0 Å². The Hall–Kier alpha value is -0.0400. The van der Waals surface area contributed by atoms with E-state index in [-0.39, 0.29) is 0 Å². The third kappa shape index (κ3) is 5.64. The first-order chi connectivity index (χ1) is 6.54. The summed E-state index contributed by atoms with van der Waals surface area (Å²) in [7, 11) is 0. The molecule has 0 spiro atoms. The summed E-state index contributed by atoms with van der Waals surface area (Å²) in [5.41, 5.74) is -0.454. The van der Waals surface area contributed by atoms with E-state index in [4.69, 9.17) is 0 Å². The Kier molecular flexibility index (Phi) is 7.26. The minimum absolute atomic E-state index is 0.439. The molecule has 0 aliphatic rings. The second-order valence-corrected chi connectivity index (χ2v) is 4.81. The van der Waals surface area contributed by atoms with Crippen molar-refractivity contribution in [1.82, 2.24) is 0 Å². The SMILES string of the molecule is CCCCCCCC(C)C(C)(O)CC. The van der Waals surface area contributed by atoms with Crippen molar-refractivity contribution in [2.75, 3.05) is 0 Å². The number of rotatable bonds is 8. The van der Waals surface area contributed by atoms with Crippen molar-refractivity contribution in [2.24, 2.45) is 5.92 Å². The molecular weight excluding hydrogens is 172 g/mol. The summed E-state index contributed by atoms with van der Waals surface area (Å²) >= 11 is 0. The summed E-state index contributed by atoms with van der Waals surface area (Å²) in [6, 6.07) is 0. The van der Waals surface area contributed by atoms with E-state index >= 15 is 0 Å². The van der Waals surface area contributed by atoms with Crippen LogP contribution in [0.3, 0.4) is 0 Å². The minimum atomic E-state index is -0.454. The lowest BCUT2D eigenvalue weighted by atomic mass is 9.84. The van der Waals surface area contributed by atoms with Crippen molar-refractivity contribution in [3.8, 4) is 0 Å². The van der Waals surface area contributed by atoms with Crippen LogP contribution in [-0.2, 0) is 0 Å². The lowest BCUT2D eigenvalue weighted by Crippen LogP contribution is -2.31. The molecule has 0 radical (unpaired) electrons. The van der Waals surface area contributed by atoms with Gasteiger partial charge in [0, 0.05) is 0 Å². The van der Waals surface area contributed by atoms with Crippen LogP contribution in [0.5, 0.6) is 0 Å². The van der Waals surface area contributed by atoms with Gasteiger partial charge >= 0.3 is 0 Å². The summed E-state index contributed by atoms with van der Waals surface area (Å²) in [6.45, 7) is 8.44. The highest BCUT2D eigenvalue weighted by atomic mass is 16.3. The molecule has 0 aliphatic heterocycles. The lowest BCUT2D eigenvalue weighted by molar-refractivity contribution is -0.00151. The molecule has 0 saturated carbocycles. The van der Waals surface area contributed by atoms with E-state index in [1.807, 2.05) is 6.92 Å². The third-order valence-corrected chi connectivity index (χ3v) is 3.52. The van der Waals surface area contributed by atoms with E-state index in [1.165, 1.54) is 38.5 Å². The van der Waals surface area contributed by atoms with Crippen LogP contribution in [0, 0.1) is 5.92 Å². The van der Waals surface area contributed by atoms with E-state index in [0.29, 0.717) is 5.92 Å². The van der Waals surface area contributed by atoms with E-state index in [0.717, 1.165) is 6.42 Å². The number of hydrogen-bond donors (Lipinski definition) is 1. The molecule has 2 atom stereocenters. The summed E-state index contributed by atoms with van der Waals surface area (Å²) < 4.78 is 0. The van der Waals surface area contributed by atoms with Crippen LogP contribution in [-0.4, -0.2) is 10.7 Å². The molecule has 0 fully saturated rings. The Morgan fingerprint density at radius 3 is 2.14 bits per heavy atom. The molecule has 0 heterocycles. The average molecular weight is 200 g/mol. The molecule has 86 valence electrons. The molecule has 1 nitrogen and oxygen atoms in total. The Bertz CT molecular complexity index is 129. The van der Waals surface area contributed by atoms with Crippen molar-refractivity contribution in [1.29, 1.82) is 0 Å². The van der Waals surface area contributed by atoms with Gasteiger partial charge in [-0.2, -0.15) is 0 Å². The van der Waals surface area contributed by atoms with Gasteiger partial charge in [0.15, 0.2) is 0 Å². The molecule has 0 saturated heterocycles. The van der Waals surface area contributed by atoms with E-state index in [9.17, 15) is 5.11 Å². The standard InChI is InChI=1S/C13H28O/c1-5-7-8-9-10-11-12(3)13(4,14)6-2/h12,14H,5-11H2,1-4H3. The molecule has 0 aliphatic carbocycles. The predicted octanol–water partition coefficient (Wildman–Crippen LogP) is 4.14. The van der Waals surface area contributed by atoms with Gasteiger partial charge in [-0.25, -0.2) is 0 Å². The Morgan fingerprint density at radius 2 is 1.64 bits per heavy atom. The summed E-state index contributed by atoms with van der Waals surface area (Å²) in [6.07, 6.45) is 8.67. The molecule has 0 aromatic carbocycles. The molecular formula is C13H28O. The number of unbranched alkanes of at least 4 members (excludes halogenated alkanes) is 4. The minimum Gasteiger partial charge on any atom is -0.390 e. The van der Waals surface area contributed by atoms with Crippen LogP contribution in [0.2, 0.25) is 0 Å². The topological polar surface area (TPSA) is 20.2 Å². The quantitative estimate of drug-likeness (QED) is 0.584. The zero-order valence-electron chi connectivity index (χ0n) is 10.5. The molecule has 0 amide bonds. The Balaban J connectivity index is 3.48. The first-order valence-electron chi connectivity index (χ1n) is 6.27. The van der Waals surface area contributed by atoms with Gasteiger partial charge in [0.2, 0.25) is 0 Å². The fourth-order valence-electron chi connectivity index (χ4n) is 1.71. The first-order valence-corrected chi connectivity index (χ1v) is 6.27. The monoisotopic (exact) mass is 200 g/mol. The highest BCUT2D eigenvalue weighted by molar-refractivity contribution is 4.77. The van der Waals surface area contributed by atoms with Gasteiger partial charge in [0.1, 0.15) is 0 Å². The van der Waals surface area contributed by atoms with Crippen LogP contribution in [0.15, 0.2) is 0 Å². The van der Waals surface area contributed by atoms with Crippen LogP contribution >= 0.6 is 0 Å². The first kappa shape index (κ1) is 14.0. The van der Waals surface area contributed by atoms with Crippen molar-refractivity contribution >= 4 is 0 Å².